The Morgan fingerprint density at radius 3 is 2.76 bits per heavy atom. The van der Waals surface area contributed by atoms with Crippen LogP contribution in [0.5, 0.6) is 0 Å². The first-order valence-corrected chi connectivity index (χ1v) is 8.84. The summed E-state index contributed by atoms with van der Waals surface area (Å²) in [5, 5.41) is 3.15. The minimum absolute atomic E-state index is 0.407. The predicted molar refractivity (Wildman–Crippen MR) is 83.1 cm³/mol. The van der Waals surface area contributed by atoms with E-state index in [1.807, 2.05) is 19.2 Å². The van der Waals surface area contributed by atoms with Crippen molar-refractivity contribution in [2.75, 3.05) is 33.2 Å². The topological polar surface area (TPSA) is 74.3 Å². The molecule has 118 valence electrons. The van der Waals surface area contributed by atoms with Gasteiger partial charge in [-0.2, -0.15) is 12.7 Å². The first-order valence-electron chi connectivity index (χ1n) is 7.40. The Kier molecular flexibility index (Phi) is 6.10. The Morgan fingerprint density at radius 2 is 2.14 bits per heavy atom. The molecule has 1 aliphatic rings. The Balaban J connectivity index is 1.77. The first kappa shape index (κ1) is 16.4. The van der Waals surface area contributed by atoms with Crippen molar-refractivity contribution < 1.29 is 8.42 Å². The van der Waals surface area contributed by atoms with Gasteiger partial charge in [-0.25, -0.2) is 4.72 Å². The zero-order valence-electron chi connectivity index (χ0n) is 12.5. The molecule has 0 unspecified atom stereocenters. The standard InChI is InChI=1S/C14H24N4O2S/c1-15-11-14-5-9-18(10-6-14)21(19,20)17-8-4-13-3-2-7-16-12-13/h2-3,7,12,14-15,17H,4-6,8-11H2,1H3. The van der Waals surface area contributed by atoms with E-state index in [-0.39, 0.29) is 0 Å². The molecule has 0 aliphatic carbocycles. The highest BCUT2D eigenvalue weighted by atomic mass is 32.2. The Morgan fingerprint density at radius 1 is 1.38 bits per heavy atom. The second-order valence-corrected chi connectivity index (χ2v) is 7.17. The van der Waals surface area contributed by atoms with Crippen LogP contribution in [0.15, 0.2) is 24.5 Å². The van der Waals surface area contributed by atoms with Gasteiger partial charge in [0.2, 0.25) is 0 Å². The van der Waals surface area contributed by atoms with E-state index in [9.17, 15) is 8.42 Å². The summed E-state index contributed by atoms with van der Waals surface area (Å²) in [4.78, 5) is 4.02. The maximum absolute atomic E-state index is 12.2. The SMILES string of the molecule is CNCC1CCN(S(=O)(=O)NCCc2cccnc2)CC1. The van der Waals surface area contributed by atoms with Gasteiger partial charge in [-0.15, -0.1) is 0 Å². The molecule has 1 aromatic rings. The second kappa shape index (κ2) is 7.84. The molecular weight excluding hydrogens is 288 g/mol. The third kappa shape index (κ3) is 5.03. The van der Waals surface area contributed by atoms with E-state index in [4.69, 9.17) is 0 Å². The van der Waals surface area contributed by atoms with Crippen LogP contribution in [0.2, 0.25) is 0 Å². The molecule has 1 aliphatic heterocycles. The van der Waals surface area contributed by atoms with Crippen LogP contribution in [0.1, 0.15) is 18.4 Å². The van der Waals surface area contributed by atoms with Crippen molar-refractivity contribution in [1.82, 2.24) is 19.3 Å². The van der Waals surface area contributed by atoms with E-state index in [0.717, 1.165) is 24.9 Å². The van der Waals surface area contributed by atoms with Crippen molar-refractivity contribution in [2.45, 2.75) is 19.3 Å². The lowest BCUT2D eigenvalue weighted by Gasteiger charge is -2.31. The smallest absolute Gasteiger partial charge is 0.279 e. The molecular formula is C14H24N4O2S. The zero-order valence-corrected chi connectivity index (χ0v) is 13.3. The number of nitrogens with one attached hydrogen (secondary N) is 2. The molecule has 2 rings (SSSR count). The third-order valence-corrected chi connectivity index (χ3v) is 5.44. The van der Waals surface area contributed by atoms with Gasteiger partial charge in [0, 0.05) is 32.0 Å². The van der Waals surface area contributed by atoms with Gasteiger partial charge in [-0.05, 0) is 50.4 Å². The van der Waals surface area contributed by atoms with Gasteiger partial charge in [0.25, 0.3) is 10.2 Å². The van der Waals surface area contributed by atoms with E-state index in [1.165, 1.54) is 0 Å². The molecule has 0 radical (unpaired) electrons. The van der Waals surface area contributed by atoms with E-state index in [1.54, 1.807) is 16.7 Å². The first-order chi connectivity index (χ1) is 10.1. The van der Waals surface area contributed by atoms with Crippen LogP contribution in [-0.2, 0) is 16.6 Å². The summed E-state index contributed by atoms with van der Waals surface area (Å²) in [6, 6.07) is 3.81. The fraction of sp³-hybridized carbons (Fsp3) is 0.643. The Bertz CT molecular complexity index is 513. The van der Waals surface area contributed by atoms with Crippen LogP contribution in [0.25, 0.3) is 0 Å². The molecule has 0 amide bonds. The number of pyridine rings is 1. The number of rotatable bonds is 7. The predicted octanol–water partition coefficient (Wildman–Crippen LogP) is 0.390. The third-order valence-electron chi connectivity index (χ3n) is 3.83. The number of hydrogen-bond donors (Lipinski definition) is 2. The molecule has 0 aromatic carbocycles. The van der Waals surface area contributed by atoms with E-state index < -0.39 is 10.2 Å². The summed E-state index contributed by atoms with van der Waals surface area (Å²) in [5.41, 5.74) is 1.04. The number of aromatic nitrogens is 1. The highest BCUT2D eigenvalue weighted by Gasteiger charge is 2.27. The fourth-order valence-corrected chi connectivity index (χ4v) is 3.84. The van der Waals surface area contributed by atoms with Crippen molar-refractivity contribution in [2.24, 2.45) is 5.92 Å². The lowest BCUT2D eigenvalue weighted by atomic mass is 9.98. The summed E-state index contributed by atoms with van der Waals surface area (Å²) in [6.45, 7) is 2.58. The molecule has 0 spiro atoms. The van der Waals surface area contributed by atoms with Crippen LogP contribution in [-0.4, -0.2) is 50.9 Å². The Hall–Kier alpha value is -1.02. The van der Waals surface area contributed by atoms with Crippen molar-refractivity contribution in [3.05, 3.63) is 30.1 Å². The van der Waals surface area contributed by atoms with E-state index >= 15 is 0 Å². The van der Waals surface area contributed by atoms with Gasteiger partial charge < -0.3 is 5.32 Å². The minimum Gasteiger partial charge on any atom is -0.319 e. The molecule has 1 saturated heterocycles. The molecule has 6 nitrogen and oxygen atoms in total. The average molecular weight is 312 g/mol. The highest BCUT2D eigenvalue weighted by molar-refractivity contribution is 7.87. The van der Waals surface area contributed by atoms with Gasteiger partial charge in [0.1, 0.15) is 0 Å². The highest BCUT2D eigenvalue weighted by Crippen LogP contribution is 2.18. The maximum atomic E-state index is 12.2. The Labute approximate surface area is 127 Å². The molecule has 1 aromatic heterocycles. The lowest BCUT2D eigenvalue weighted by molar-refractivity contribution is 0.268. The van der Waals surface area contributed by atoms with Crippen LogP contribution >= 0.6 is 0 Å². The molecule has 2 heterocycles. The van der Waals surface area contributed by atoms with E-state index in [2.05, 4.69) is 15.0 Å². The maximum Gasteiger partial charge on any atom is 0.279 e. The van der Waals surface area contributed by atoms with Gasteiger partial charge in [-0.3, -0.25) is 4.98 Å². The van der Waals surface area contributed by atoms with Gasteiger partial charge in [0.05, 0.1) is 0 Å². The molecule has 1 fully saturated rings. The van der Waals surface area contributed by atoms with Crippen LogP contribution in [0, 0.1) is 5.92 Å². The minimum atomic E-state index is -3.35. The largest absolute Gasteiger partial charge is 0.319 e. The quantitative estimate of drug-likeness (QED) is 0.764. The average Bonchev–Trinajstić information content (AvgIpc) is 2.49. The van der Waals surface area contributed by atoms with Crippen LogP contribution in [0.3, 0.4) is 0 Å². The van der Waals surface area contributed by atoms with Crippen LogP contribution in [0.4, 0.5) is 0 Å². The molecule has 2 N–H and O–H groups in total. The molecule has 7 heteroatoms. The molecule has 21 heavy (non-hydrogen) atoms. The van der Waals surface area contributed by atoms with Crippen molar-refractivity contribution >= 4 is 10.2 Å². The summed E-state index contributed by atoms with van der Waals surface area (Å²) in [5.74, 6) is 0.580. The van der Waals surface area contributed by atoms with Crippen molar-refractivity contribution in [1.29, 1.82) is 0 Å². The number of hydrogen-bond acceptors (Lipinski definition) is 4. The second-order valence-electron chi connectivity index (χ2n) is 5.41. The van der Waals surface area contributed by atoms with Gasteiger partial charge in [0.15, 0.2) is 0 Å². The van der Waals surface area contributed by atoms with Crippen molar-refractivity contribution in [3.63, 3.8) is 0 Å². The van der Waals surface area contributed by atoms with Crippen LogP contribution < -0.4 is 10.0 Å². The lowest BCUT2D eigenvalue weighted by Crippen LogP contribution is -2.46. The zero-order chi connectivity index (χ0) is 15.1. The van der Waals surface area contributed by atoms with Crippen molar-refractivity contribution in [3.8, 4) is 0 Å². The molecule has 0 atom stereocenters. The number of nitrogens with zero attached hydrogens (tertiary/aromatic N) is 2. The normalized spacial score (nSPS) is 18.0. The summed E-state index contributed by atoms with van der Waals surface area (Å²) in [7, 11) is -1.42. The van der Waals surface area contributed by atoms with Gasteiger partial charge in [-0.1, -0.05) is 6.07 Å². The number of piperidine rings is 1. The fourth-order valence-electron chi connectivity index (χ4n) is 2.60. The van der Waals surface area contributed by atoms with Gasteiger partial charge >= 0.3 is 0 Å². The summed E-state index contributed by atoms with van der Waals surface area (Å²) < 4.78 is 28.7. The summed E-state index contributed by atoms with van der Waals surface area (Å²) in [6.07, 6.45) is 5.97. The monoisotopic (exact) mass is 312 g/mol. The van der Waals surface area contributed by atoms with E-state index in [0.29, 0.717) is 32.0 Å². The molecule has 0 bridgehead atoms. The summed E-state index contributed by atoms with van der Waals surface area (Å²) >= 11 is 0. The molecule has 0 saturated carbocycles.